The monoisotopic (exact) mass is 526 g/mol. The van der Waals surface area contributed by atoms with E-state index in [1.165, 1.54) is 0 Å². The summed E-state index contributed by atoms with van der Waals surface area (Å²) in [6.45, 7) is 7.30. The number of nitrogens with zero attached hydrogens (tertiary/aromatic N) is 4. The molecule has 2 aromatic heterocycles. The summed E-state index contributed by atoms with van der Waals surface area (Å²) in [4.78, 5) is 37.9. The second-order valence-electron chi connectivity index (χ2n) is 10.2. The summed E-state index contributed by atoms with van der Waals surface area (Å²) in [5.41, 5.74) is 1.19. The number of unbranched alkanes of at least 4 members (excludes halogenated alkanes) is 4. The maximum atomic E-state index is 12.7. The quantitative estimate of drug-likeness (QED) is 0.107. The van der Waals surface area contributed by atoms with Crippen LogP contribution in [0.5, 0.6) is 0 Å². The average molecular weight is 527 g/mol. The van der Waals surface area contributed by atoms with Crippen LogP contribution in [0, 0.1) is 5.41 Å². The van der Waals surface area contributed by atoms with Gasteiger partial charge in [0.25, 0.3) is 5.56 Å². The molecule has 6 nitrogen and oxygen atoms in total. The summed E-state index contributed by atoms with van der Waals surface area (Å²) in [5, 5.41) is 1.41. The molecule has 3 rings (SSSR count). The summed E-state index contributed by atoms with van der Waals surface area (Å²) in [6, 6.07) is 8.86. The molecule has 0 amide bonds. The number of halogens is 1. The van der Waals surface area contributed by atoms with E-state index in [1.54, 1.807) is 54.5 Å². The van der Waals surface area contributed by atoms with E-state index < -0.39 is 0 Å². The summed E-state index contributed by atoms with van der Waals surface area (Å²) >= 11 is 7.53. The second kappa shape index (κ2) is 13.7. The van der Waals surface area contributed by atoms with Gasteiger partial charge in [-0.25, -0.2) is 9.97 Å². The van der Waals surface area contributed by atoms with E-state index in [9.17, 15) is 9.59 Å². The highest BCUT2D eigenvalue weighted by atomic mass is 35.5. The van der Waals surface area contributed by atoms with Gasteiger partial charge in [0.2, 0.25) is 0 Å². The summed E-state index contributed by atoms with van der Waals surface area (Å²) in [5.74, 6) is 1.70. The Labute approximate surface area is 222 Å². The molecule has 3 aromatic rings. The number of hydrogen-bond acceptors (Lipinski definition) is 6. The molecule has 0 atom stereocenters. The van der Waals surface area contributed by atoms with Gasteiger partial charge in [0.1, 0.15) is 5.82 Å². The molecule has 8 heteroatoms. The fourth-order valence-corrected chi connectivity index (χ4v) is 4.92. The van der Waals surface area contributed by atoms with Crippen molar-refractivity contribution in [1.82, 2.24) is 19.5 Å². The van der Waals surface area contributed by atoms with Gasteiger partial charge in [0.15, 0.2) is 10.9 Å². The lowest BCUT2D eigenvalue weighted by atomic mass is 9.97. The first-order valence-electron chi connectivity index (χ1n) is 12.5. The third-order valence-electron chi connectivity index (χ3n) is 5.59. The normalized spacial score (nSPS) is 11.6. The second-order valence-corrected chi connectivity index (χ2v) is 11.7. The van der Waals surface area contributed by atoms with Crippen LogP contribution in [-0.4, -0.2) is 31.1 Å². The molecule has 0 saturated carbocycles. The van der Waals surface area contributed by atoms with E-state index in [4.69, 9.17) is 11.6 Å². The van der Waals surface area contributed by atoms with Gasteiger partial charge in [-0.3, -0.25) is 9.59 Å². The number of ketones is 1. The summed E-state index contributed by atoms with van der Waals surface area (Å²) in [6.07, 6.45) is 11.4. The SMILES string of the molecule is CC(C)(C)Cn1cc(Cc2ncccn2)c(=O)nc1SCCCCCCCC(=O)c1ccc(Cl)cc1. The van der Waals surface area contributed by atoms with Gasteiger partial charge in [-0.1, -0.05) is 63.4 Å². The van der Waals surface area contributed by atoms with Gasteiger partial charge >= 0.3 is 0 Å². The molecule has 192 valence electrons. The number of Topliss-reactive ketones (excluding diaryl/α,β-unsaturated/α-hetero) is 1. The first kappa shape index (κ1) is 28.1. The molecule has 0 radical (unpaired) electrons. The van der Waals surface area contributed by atoms with Crippen LogP contribution in [0.25, 0.3) is 0 Å². The van der Waals surface area contributed by atoms with E-state index >= 15 is 0 Å². The van der Waals surface area contributed by atoms with Crippen LogP contribution in [-0.2, 0) is 13.0 Å². The van der Waals surface area contributed by atoms with E-state index in [1.807, 2.05) is 6.20 Å². The smallest absolute Gasteiger partial charge is 0.277 e. The summed E-state index contributed by atoms with van der Waals surface area (Å²) < 4.78 is 2.10. The van der Waals surface area contributed by atoms with Crippen molar-refractivity contribution >= 4 is 29.1 Å². The predicted molar refractivity (Wildman–Crippen MR) is 147 cm³/mol. The number of hydrogen-bond donors (Lipinski definition) is 0. The molecule has 0 aliphatic heterocycles. The predicted octanol–water partition coefficient (Wildman–Crippen LogP) is 6.64. The molecule has 1 aromatic carbocycles. The van der Waals surface area contributed by atoms with E-state index in [-0.39, 0.29) is 16.8 Å². The highest BCUT2D eigenvalue weighted by molar-refractivity contribution is 7.99. The first-order valence-corrected chi connectivity index (χ1v) is 13.9. The summed E-state index contributed by atoms with van der Waals surface area (Å²) in [7, 11) is 0. The Morgan fingerprint density at radius 3 is 2.36 bits per heavy atom. The van der Waals surface area contributed by atoms with Crippen molar-refractivity contribution in [2.45, 2.75) is 77.4 Å². The van der Waals surface area contributed by atoms with E-state index in [0.29, 0.717) is 29.3 Å². The Bertz CT molecular complexity index is 1170. The molecule has 0 aliphatic rings. The topological polar surface area (TPSA) is 77.7 Å². The fourth-order valence-electron chi connectivity index (χ4n) is 3.84. The zero-order valence-corrected chi connectivity index (χ0v) is 22.9. The molecular weight excluding hydrogens is 492 g/mol. The Kier molecular flexibility index (Phi) is 10.7. The number of carbonyl (C=O) groups is 1. The molecule has 0 N–H and O–H groups in total. The average Bonchev–Trinajstić information content (AvgIpc) is 2.83. The standard InChI is InChI=1S/C28H35ClN4O2S/c1-28(2,3)20-33-19-22(18-25-30-15-9-16-31-25)26(35)32-27(33)36-17-8-6-4-5-7-10-24(34)21-11-13-23(29)14-12-21/h9,11-16,19H,4-8,10,17-18,20H2,1-3H3. The van der Waals surface area contributed by atoms with Gasteiger partial charge in [-0.15, -0.1) is 0 Å². The lowest BCUT2D eigenvalue weighted by molar-refractivity contribution is 0.0979. The fraction of sp³-hybridized carbons (Fsp3) is 0.464. The van der Waals surface area contributed by atoms with Crippen molar-refractivity contribution in [1.29, 1.82) is 0 Å². The molecular formula is C28H35ClN4O2S. The number of carbonyl (C=O) groups excluding carboxylic acids is 1. The van der Waals surface area contributed by atoms with Crippen LogP contribution in [0.3, 0.4) is 0 Å². The largest absolute Gasteiger partial charge is 0.326 e. The van der Waals surface area contributed by atoms with Gasteiger partial charge in [0.05, 0.1) is 0 Å². The Hall–Kier alpha value is -2.51. The third-order valence-corrected chi connectivity index (χ3v) is 6.92. The Morgan fingerprint density at radius 1 is 1.00 bits per heavy atom. The minimum Gasteiger partial charge on any atom is -0.326 e. The van der Waals surface area contributed by atoms with Crippen molar-refractivity contribution in [3.05, 3.63) is 81.3 Å². The number of rotatable bonds is 13. The van der Waals surface area contributed by atoms with Crippen molar-refractivity contribution in [2.24, 2.45) is 5.41 Å². The van der Waals surface area contributed by atoms with Crippen molar-refractivity contribution in [2.75, 3.05) is 5.75 Å². The molecule has 0 bridgehead atoms. The molecule has 0 aliphatic carbocycles. The van der Waals surface area contributed by atoms with Gasteiger partial charge in [-0.05, 0) is 48.6 Å². The zero-order chi connectivity index (χ0) is 26.0. The molecule has 0 unspecified atom stereocenters. The zero-order valence-electron chi connectivity index (χ0n) is 21.4. The van der Waals surface area contributed by atoms with E-state index in [2.05, 4.69) is 40.3 Å². The molecule has 36 heavy (non-hydrogen) atoms. The Balaban J connectivity index is 1.46. The highest BCUT2D eigenvalue weighted by Gasteiger charge is 2.17. The van der Waals surface area contributed by atoms with Crippen LogP contribution in [0.2, 0.25) is 5.02 Å². The first-order chi connectivity index (χ1) is 17.2. The van der Waals surface area contributed by atoms with Gasteiger partial charge in [-0.2, -0.15) is 4.98 Å². The van der Waals surface area contributed by atoms with Crippen LogP contribution >= 0.6 is 23.4 Å². The van der Waals surface area contributed by atoms with E-state index in [0.717, 1.165) is 55.1 Å². The van der Waals surface area contributed by atoms with Gasteiger partial charge < -0.3 is 4.57 Å². The highest BCUT2D eigenvalue weighted by Crippen LogP contribution is 2.23. The van der Waals surface area contributed by atoms with Crippen molar-refractivity contribution in [3.63, 3.8) is 0 Å². The maximum absolute atomic E-state index is 12.7. The van der Waals surface area contributed by atoms with Crippen LogP contribution in [0.15, 0.2) is 58.9 Å². The van der Waals surface area contributed by atoms with Crippen LogP contribution in [0.4, 0.5) is 0 Å². The van der Waals surface area contributed by atoms with Crippen molar-refractivity contribution < 1.29 is 4.79 Å². The minimum atomic E-state index is -0.208. The molecule has 2 heterocycles. The van der Waals surface area contributed by atoms with Crippen molar-refractivity contribution in [3.8, 4) is 0 Å². The minimum absolute atomic E-state index is 0.0516. The van der Waals surface area contributed by atoms with Gasteiger partial charge in [0, 0.05) is 59.9 Å². The lowest BCUT2D eigenvalue weighted by Crippen LogP contribution is -2.24. The number of benzene rings is 1. The lowest BCUT2D eigenvalue weighted by Gasteiger charge is -2.22. The molecule has 0 saturated heterocycles. The molecule has 0 spiro atoms. The van der Waals surface area contributed by atoms with Crippen LogP contribution in [0.1, 0.15) is 81.0 Å². The Morgan fingerprint density at radius 2 is 1.67 bits per heavy atom. The number of thioether (sulfide) groups is 1. The maximum Gasteiger partial charge on any atom is 0.277 e. The third kappa shape index (κ3) is 9.51. The number of aromatic nitrogens is 4. The molecule has 0 fully saturated rings. The van der Waals surface area contributed by atoms with Crippen LogP contribution < -0.4 is 5.56 Å².